The van der Waals surface area contributed by atoms with Crippen molar-refractivity contribution in [1.82, 2.24) is 15.4 Å². The van der Waals surface area contributed by atoms with Crippen LogP contribution in [-0.4, -0.2) is 33.5 Å². The number of carbonyl (C=O) groups excluding carboxylic acids is 3. The van der Waals surface area contributed by atoms with Crippen molar-refractivity contribution in [2.75, 3.05) is 0 Å². The lowest BCUT2D eigenvalue weighted by atomic mass is 9.74. The van der Waals surface area contributed by atoms with Crippen LogP contribution in [-0.2, 0) is 21.0 Å². The molecule has 1 N–H and O–H groups in total. The number of hydroxylamine groups is 1. The van der Waals surface area contributed by atoms with Crippen molar-refractivity contribution in [3.63, 3.8) is 0 Å². The number of halogens is 2. The third-order valence-corrected chi connectivity index (χ3v) is 8.47. The Morgan fingerprint density at radius 3 is 2.55 bits per heavy atom. The van der Waals surface area contributed by atoms with Crippen LogP contribution < -0.4 is 5.48 Å². The summed E-state index contributed by atoms with van der Waals surface area (Å²) in [6, 6.07) is 16.5. The Morgan fingerprint density at radius 1 is 1.02 bits per heavy atom. The Hall–Kier alpha value is -3.26. The minimum absolute atomic E-state index is 0.0751. The number of pyridine rings is 1. The number of benzene rings is 2. The average molecular weight is 581 g/mol. The number of nitrogens with one attached hydrogen (secondary N) is 1. The molecule has 2 aromatic carbocycles. The summed E-state index contributed by atoms with van der Waals surface area (Å²) in [6.07, 6.45) is 5.21. The largest absolute Gasteiger partial charge is 0.327 e. The van der Waals surface area contributed by atoms with Gasteiger partial charge in [0.15, 0.2) is 0 Å². The summed E-state index contributed by atoms with van der Waals surface area (Å²) in [5.74, 6) is -1.68. The maximum absolute atomic E-state index is 14.3. The van der Waals surface area contributed by atoms with Crippen LogP contribution in [0.5, 0.6) is 0 Å². The number of ketones is 1. The van der Waals surface area contributed by atoms with E-state index in [1.165, 1.54) is 0 Å². The van der Waals surface area contributed by atoms with E-state index in [9.17, 15) is 14.4 Å². The summed E-state index contributed by atoms with van der Waals surface area (Å²) in [7, 11) is 0. The molecule has 1 saturated carbocycles. The SMILES string of the molecule is CCC(=O)C1CCCCC1N1C(=O)c2ccccc2C(C(=O)NOCc2ccccn2)C1c1ccc(Cl)cc1Cl. The Balaban J connectivity index is 1.60. The molecule has 2 heterocycles. The molecule has 0 radical (unpaired) electrons. The van der Waals surface area contributed by atoms with Gasteiger partial charge >= 0.3 is 0 Å². The van der Waals surface area contributed by atoms with Crippen molar-refractivity contribution < 1.29 is 19.2 Å². The summed E-state index contributed by atoms with van der Waals surface area (Å²) in [6.45, 7) is 1.93. The van der Waals surface area contributed by atoms with Gasteiger partial charge in [-0.25, -0.2) is 5.48 Å². The van der Waals surface area contributed by atoms with E-state index in [4.69, 9.17) is 28.0 Å². The monoisotopic (exact) mass is 579 g/mol. The number of carbonyl (C=O) groups is 3. The van der Waals surface area contributed by atoms with E-state index in [0.717, 1.165) is 12.8 Å². The lowest BCUT2D eigenvalue weighted by molar-refractivity contribution is -0.138. The number of fused-ring (bicyclic) bond motifs is 1. The quantitative estimate of drug-likeness (QED) is 0.309. The summed E-state index contributed by atoms with van der Waals surface area (Å²) in [5, 5.41) is 0.787. The second kappa shape index (κ2) is 12.5. The highest BCUT2D eigenvalue weighted by atomic mass is 35.5. The molecule has 1 fully saturated rings. The van der Waals surface area contributed by atoms with Gasteiger partial charge in [0, 0.05) is 40.2 Å². The topological polar surface area (TPSA) is 88.6 Å². The molecule has 208 valence electrons. The number of hydrogen-bond acceptors (Lipinski definition) is 5. The van der Waals surface area contributed by atoms with Crippen molar-refractivity contribution in [1.29, 1.82) is 0 Å². The zero-order valence-corrected chi connectivity index (χ0v) is 23.7. The molecule has 2 aliphatic rings. The summed E-state index contributed by atoms with van der Waals surface area (Å²) < 4.78 is 0. The van der Waals surface area contributed by atoms with E-state index >= 15 is 0 Å². The van der Waals surface area contributed by atoms with Crippen LogP contribution >= 0.6 is 23.2 Å². The van der Waals surface area contributed by atoms with E-state index in [0.29, 0.717) is 51.7 Å². The lowest BCUT2D eigenvalue weighted by Crippen LogP contribution is -2.55. The van der Waals surface area contributed by atoms with Gasteiger partial charge in [-0.3, -0.25) is 24.2 Å². The molecule has 1 aliphatic heterocycles. The summed E-state index contributed by atoms with van der Waals surface area (Å²) in [5.41, 5.74) is 4.86. The van der Waals surface area contributed by atoms with E-state index in [-0.39, 0.29) is 30.3 Å². The average Bonchev–Trinajstić information content (AvgIpc) is 2.97. The van der Waals surface area contributed by atoms with Gasteiger partial charge in [-0.1, -0.05) is 73.3 Å². The predicted octanol–water partition coefficient (Wildman–Crippen LogP) is 6.46. The van der Waals surface area contributed by atoms with Gasteiger partial charge in [0.1, 0.15) is 12.4 Å². The van der Waals surface area contributed by atoms with Crippen LogP contribution in [0.2, 0.25) is 10.0 Å². The van der Waals surface area contributed by atoms with Crippen LogP contribution in [0.4, 0.5) is 0 Å². The second-order valence-electron chi connectivity index (χ2n) is 10.2. The third-order valence-electron chi connectivity index (χ3n) is 7.91. The first kappa shape index (κ1) is 28.3. The molecule has 1 aliphatic carbocycles. The molecule has 0 saturated heterocycles. The minimum atomic E-state index is -0.851. The van der Waals surface area contributed by atoms with Gasteiger partial charge in [-0.15, -0.1) is 0 Å². The van der Waals surface area contributed by atoms with Gasteiger partial charge < -0.3 is 4.90 Å². The molecule has 1 aromatic heterocycles. The maximum atomic E-state index is 14.3. The lowest BCUT2D eigenvalue weighted by Gasteiger charge is -2.49. The van der Waals surface area contributed by atoms with Crippen molar-refractivity contribution in [3.05, 3.63) is 99.3 Å². The molecule has 4 atom stereocenters. The van der Waals surface area contributed by atoms with E-state index in [2.05, 4.69) is 10.5 Å². The fourth-order valence-corrected chi connectivity index (χ4v) is 6.60. The van der Waals surface area contributed by atoms with Crippen LogP contribution in [0.1, 0.15) is 78.2 Å². The fraction of sp³-hybridized carbons (Fsp3) is 0.355. The first-order valence-electron chi connectivity index (χ1n) is 13.6. The third kappa shape index (κ3) is 5.64. The first-order valence-corrected chi connectivity index (χ1v) is 14.4. The van der Waals surface area contributed by atoms with Gasteiger partial charge in [-0.2, -0.15) is 0 Å². The van der Waals surface area contributed by atoms with Crippen molar-refractivity contribution in [2.45, 2.75) is 63.6 Å². The van der Waals surface area contributed by atoms with Crippen LogP contribution in [0.25, 0.3) is 0 Å². The van der Waals surface area contributed by atoms with Crippen LogP contribution in [0.3, 0.4) is 0 Å². The fourth-order valence-electron chi connectivity index (χ4n) is 6.08. The van der Waals surface area contributed by atoms with Crippen molar-refractivity contribution in [2.24, 2.45) is 5.92 Å². The normalized spacial score (nSPS) is 22.5. The molecule has 0 spiro atoms. The van der Waals surface area contributed by atoms with Gasteiger partial charge in [0.2, 0.25) is 0 Å². The highest BCUT2D eigenvalue weighted by Crippen LogP contribution is 2.48. The zero-order valence-electron chi connectivity index (χ0n) is 22.2. The highest BCUT2D eigenvalue weighted by Gasteiger charge is 2.50. The number of aromatic nitrogens is 1. The smallest absolute Gasteiger partial charge is 0.254 e. The number of hydrogen-bond donors (Lipinski definition) is 1. The molecule has 9 heteroatoms. The van der Waals surface area contributed by atoms with E-state index in [1.807, 2.05) is 13.0 Å². The maximum Gasteiger partial charge on any atom is 0.254 e. The predicted molar refractivity (Wildman–Crippen MR) is 153 cm³/mol. The summed E-state index contributed by atoms with van der Waals surface area (Å²) in [4.78, 5) is 53.0. The number of Topliss-reactive ketones (excluding diaryl/α,β-unsaturated/α-hetero) is 1. The molecule has 7 nitrogen and oxygen atoms in total. The van der Waals surface area contributed by atoms with Crippen molar-refractivity contribution in [3.8, 4) is 0 Å². The molecule has 0 bridgehead atoms. The molecular formula is C31H31Cl2N3O4. The van der Waals surface area contributed by atoms with E-state index < -0.39 is 17.9 Å². The second-order valence-corrected chi connectivity index (χ2v) is 11.1. The molecule has 3 aromatic rings. The molecule has 40 heavy (non-hydrogen) atoms. The van der Waals surface area contributed by atoms with Gasteiger partial charge in [0.05, 0.1) is 17.7 Å². The Labute approximate surface area is 243 Å². The number of rotatable bonds is 8. The Kier molecular flexibility index (Phi) is 8.84. The molecule has 5 rings (SSSR count). The molecule has 4 unspecified atom stereocenters. The van der Waals surface area contributed by atoms with E-state index in [1.54, 1.807) is 65.7 Å². The number of nitrogens with zero attached hydrogens (tertiary/aromatic N) is 2. The Bertz CT molecular complexity index is 1400. The van der Waals surface area contributed by atoms with Gasteiger partial charge in [0.25, 0.3) is 11.8 Å². The van der Waals surface area contributed by atoms with Gasteiger partial charge in [-0.05, 0) is 54.3 Å². The summed E-state index contributed by atoms with van der Waals surface area (Å²) >= 11 is 13.0. The van der Waals surface area contributed by atoms with Crippen LogP contribution in [0, 0.1) is 5.92 Å². The standard InChI is InChI=1S/C31H31Cl2N3O4/c1-2-27(37)24-12-5-6-13-26(24)36-29(23-15-14-19(32)17-25(23)33)28(21-10-3-4-11-22(21)31(36)39)30(38)35-40-18-20-9-7-8-16-34-20/h3-4,7-11,14-17,24,26,28-29H,2,5-6,12-13,18H2,1H3,(H,35,38). The van der Waals surface area contributed by atoms with Crippen molar-refractivity contribution >= 4 is 40.8 Å². The Morgan fingerprint density at radius 2 is 1.80 bits per heavy atom. The first-order chi connectivity index (χ1) is 19.4. The zero-order chi connectivity index (χ0) is 28.2. The molecule has 2 amide bonds. The highest BCUT2D eigenvalue weighted by molar-refractivity contribution is 6.35. The molecular weight excluding hydrogens is 549 g/mol. The minimum Gasteiger partial charge on any atom is -0.327 e. The van der Waals surface area contributed by atoms with Crippen LogP contribution in [0.15, 0.2) is 66.9 Å². The number of amides is 2.